The lowest BCUT2D eigenvalue weighted by atomic mass is 9.89. The molecule has 1 saturated carbocycles. The van der Waals surface area contributed by atoms with Crippen molar-refractivity contribution in [1.82, 2.24) is 24.1 Å². The van der Waals surface area contributed by atoms with Crippen LogP contribution in [0.2, 0.25) is 0 Å². The number of fused-ring (bicyclic) bond motifs is 3. The molecule has 0 spiro atoms. The van der Waals surface area contributed by atoms with Gasteiger partial charge in [0.05, 0.1) is 10.9 Å². The Hall–Kier alpha value is -2.24. The fourth-order valence-corrected chi connectivity index (χ4v) is 3.49. The van der Waals surface area contributed by atoms with Gasteiger partial charge in [0.25, 0.3) is 11.3 Å². The minimum Gasteiger partial charge on any atom is -0.312 e. The van der Waals surface area contributed by atoms with Crippen LogP contribution in [0.5, 0.6) is 0 Å². The third kappa shape index (κ3) is 2.33. The summed E-state index contributed by atoms with van der Waals surface area (Å²) >= 11 is 0. The van der Waals surface area contributed by atoms with Crippen LogP contribution in [0.3, 0.4) is 0 Å². The summed E-state index contributed by atoms with van der Waals surface area (Å²) in [4.78, 5) is 21.6. The van der Waals surface area contributed by atoms with Gasteiger partial charge >= 0.3 is 0 Å². The molecule has 6 nitrogen and oxygen atoms in total. The van der Waals surface area contributed by atoms with Gasteiger partial charge in [0.2, 0.25) is 0 Å². The summed E-state index contributed by atoms with van der Waals surface area (Å²) in [6, 6.07) is 2.06. The van der Waals surface area contributed by atoms with E-state index in [1.165, 1.54) is 19.3 Å². The first-order chi connectivity index (χ1) is 11.1. The van der Waals surface area contributed by atoms with Gasteiger partial charge in [-0.3, -0.25) is 4.79 Å². The smallest absolute Gasteiger partial charge is 0.261 e. The number of hydrogen-bond donors (Lipinski definition) is 0. The van der Waals surface area contributed by atoms with Crippen LogP contribution in [0, 0.1) is 0 Å². The van der Waals surface area contributed by atoms with E-state index in [1.807, 2.05) is 26.1 Å². The van der Waals surface area contributed by atoms with Crippen molar-refractivity contribution >= 4 is 16.7 Å². The van der Waals surface area contributed by atoms with Crippen molar-refractivity contribution in [3.8, 4) is 0 Å². The van der Waals surface area contributed by atoms with Gasteiger partial charge in [-0.1, -0.05) is 19.3 Å². The molecule has 0 radical (unpaired) electrons. The monoisotopic (exact) mass is 311 g/mol. The average molecular weight is 311 g/mol. The SMILES string of the molecule is CC(C)n1ccc2c(cnc3nc(C4CCCCC4)nn32)c1=O. The van der Waals surface area contributed by atoms with Gasteiger partial charge < -0.3 is 4.57 Å². The first kappa shape index (κ1) is 14.4. The summed E-state index contributed by atoms with van der Waals surface area (Å²) in [6.45, 7) is 3.99. The molecular weight excluding hydrogens is 290 g/mol. The number of rotatable bonds is 2. The Kier molecular flexibility index (Phi) is 3.39. The first-order valence-corrected chi connectivity index (χ1v) is 8.41. The highest BCUT2D eigenvalue weighted by atomic mass is 16.1. The minimum absolute atomic E-state index is 0.0263. The van der Waals surface area contributed by atoms with Crippen LogP contribution in [0.1, 0.15) is 63.7 Å². The van der Waals surface area contributed by atoms with Crippen molar-refractivity contribution in [2.24, 2.45) is 0 Å². The number of hydrogen-bond acceptors (Lipinski definition) is 4. The molecule has 0 aliphatic heterocycles. The molecule has 1 fully saturated rings. The molecule has 0 aromatic carbocycles. The Morgan fingerprint density at radius 3 is 2.74 bits per heavy atom. The van der Waals surface area contributed by atoms with Crippen molar-refractivity contribution in [1.29, 1.82) is 0 Å². The normalized spacial score (nSPS) is 16.7. The van der Waals surface area contributed by atoms with E-state index in [1.54, 1.807) is 15.3 Å². The number of nitrogens with zero attached hydrogens (tertiary/aromatic N) is 5. The second-order valence-electron chi connectivity index (χ2n) is 6.70. The van der Waals surface area contributed by atoms with Gasteiger partial charge in [0.15, 0.2) is 5.82 Å². The van der Waals surface area contributed by atoms with E-state index >= 15 is 0 Å². The topological polar surface area (TPSA) is 65.1 Å². The summed E-state index contributed by atoms with van der Waals surface area (Å²) in [5.41, 5.74) is 0.757. The Labute approximate surface area is 134 Å². The molecule has 1 aliphatic carbocycles. The lowest BCUT2D eigenvalue weighted by Gasteiger charge is -2.17. The molecule has 1 aliphatic rings. The van der Waals surface area contributed by atoms with Gasteiger partial charge in [-0.15, -0.1) is 5.10 Å². The molecule has 4 rings (SSSR count). The van der Waals surface area contributed by atoms with Crippen LogP contribution in [0.25, 0.3) is 16.7 Å². The zero-order valence-electron chi connectivity index (χ0n) is 13.6. The van der Waals surface area contributed by atoms with E-state index < -0.39 is 0 Å². The third-order valence-electron chi connectivity index (χ3n) is 4.80. The highest BCUT2D eigenvalue weighted by molar-refractivity contribution is 5.78. The molecule has 0 saturated heterocycles. The van der Waals surface area contributed by atoms with Crippen LogP contribution in [-0.2, 0) is 0 Å². The van der Waals surface area contributed by atoms with E-state index in [2.05, 4.69) is 15.1 Å². The standard InChI is InChI=1S/C17H21N5O/c1-11(2)21-9-8-14-13(16(21)23)10-18-17-19-15(20-22(14)17)12-6-4-3-5-7-12/h8-12H,3-7H2,1-2H3. The summed E-state index contributed by atoms with van der Waals surface area (Å²) in [7, 11) is 0. The summed E-state index contributed by atoms with van der Waals surface area (Å²) in [5, 5.41) is 5.27. The molecule has 0 atom stereocenters. The Morgan fingerprint density at radius 2 is 2.00 bits per heavy atom. The van der Waals surface area contributed by atoms with Crippen LogP contribution >= 0.6 is 0 Å². The van der Waals surface area contributed by atoms with E-state index in [4.69, 9.17) is 0 Å². The largest absolute Gasteiger partial charge is 0.312 e. The fourth-order valence-electron chi connectivity index (χ4n) is 3.49. The summed E-state index contributed by atoms with van der Waals surface area (Å²) in [5.74, 6) is 1.88. The lowest BCUT2D eigenvalue weighted by Crippen LogP contribution is -2.22. The van der Waals surface area contributed by atoms with E-state index in [9.17, 15) is 4.79 Å². The van der Waals surface area contributed by atoms with Crippen molar-refractivity contribution < 1.29 is 0 Å². The highest BCUT2D eigenvalue weighted by Gasteiger charge is 2.21. The summed E-state index contributed by atoms with van der Waals surface area (Å²) in [6.07, 6.45) is 9.55. The molecule has 3 heterocycles. The Morgan fingerprint density at radius 1 is 1.22 bits per heavy atom. The van der Waals surface area contributed by atoms with Gasteiger partial charge in [-0.2, -0.15) is 9.50 Å². The predicted octanol–water partition coefficient (Wildman–Crippen LogP) is 3.07. The van der Waals surface area contributed by atoms with Crippen molar-refractivity contribution in [2.75, 3.05) is 0 Å². The molecule has 120 valence electrons. The molecule has 3 aromatic heterocycles. The van der Waals surface area contributed by atoms with Crippen LogP contribution in [0.4, 0.5) is 0 Å². The van der Waals surface area contributed by atoms with Gasteiger partial charge in [-0.25, -0.2) is 4.98 Å². The second kappa shape index (κ2) is 5.44. The third-order valence-corrected chi connectivity index (χ3v) is 4.80. The zero-order chi connectivity index (χ0) is 16.0. The van der Waals surface area contributed by atoms with Crippen molar-refractivity contribution in [2.45, 2.75) is 57.9 Å². The Bertz CT molecular complexity index is 918. The van der Waals surface area contributed by atoms with Gasteiger partial charge in [-0.05, 0) is 32.8 Å². The molecule has 3 aromatic rings. The highest BCUT2D eigenvalue weighted by Crippen LogP contribution is 2.31. The molecule has 23 heavy (non-hydrogen) atoms. The first-order valence-electron chi connectivity index (χ1n) is 8.41. The maximum Gasteiger partial charge on any atom is 0.261 e. The molecular formula is C17H21N5O. The van der Waals surface area contributed by atoms with Gasteiger partial charge in [0, 0.05) is 24.4 Å². The summed E-state index contributed by atoms with van der Waals surface area (Å²) < 4.78 is 3.44. The minimum atomic E-state index is -0.0263. The van der Waals surface area contributed by atoms with Crippen LogP contribution < -0.4 is 5.56 Å². The van der Waals surface area contributed by atoms with Crippen molar-refractivity contribution in [3.63, 3.8) is 0 Å². The maximum atomic E-state index is 12.6. The average Bonchev–Trinajstić information content (AvgIpc) is 3.00. The molecule has 0 bridgehead atoms. The fraction of sp³-hybridized carbons (Fsp3) is 0.529. The van der Waals surface area contributed by atoms with Crippen LogP contribution in [0.15, 0.2) is 23.3 Å². The maximum absolute atomic E-state index is 12.6. The zero-order valence-corrected chi connectivity index (χ0v) is 13.6. The molecule has 6 heteroatoms. The molecule has 0 amide bonds. The van der Waals surface area contributed by atoms with Gasteiger partial charge in [0.1, 0.15) is 0 Å². The van der Waals surface area contributed by atoms with E-state index in [0.717, 1.165) is 24.2 Å². The van der Waals surface area contributed by atoms with E-state index in [-0.39, 0.29) is 11.6 Å². The quantitative estimate of drug-likeness (QED) is 0.729. The Balaban J connectivity index is 1.89. The predicted molar refractivity (Wildman–Crippen MR) is 88.8 cm³/mol. The number of pyridine rings is 1. The molecule has 0 unspecified atom stereocenters. The van der Waals surface area contributed by atoms with E-state index in [0.29, 0.717) is 17.1 Å². The second-order valence-corrected chi connectivity index (χ2v) is 6.70. The van der Waals surface area contributed by atoms with Crippen LogP contribution in [-0.4, -0.2) is 24.1 Å². The van der Waals surface area contributed by atoms with Crippen molar-refractivity contribution in [3.05, 3.63) is 34.6 Å². The lowest BCUT2D eigenvalue weighted by molar-refractivity contribution is 0.429. The number of aromatic nitrogens is 5. The molecule has 0 N–H and O–H groups in total.